The van der Waals surface area contributed by atoms with E-state index in [0.717, 1.165) is 24.2 Å². The number of hydrogen-bond donors (Lipinski definition) is 0. The van der Waals surface area contributed by atoms with E-state index in [1.165, 1.54) is 11.1 Å². The molecule has 2 aliphatic rings. The Balaban J connectivity index is 1.55. The second kappa shape index (κ2) is 6.03. The van der Waals surface area contributed by atoms with E-state index in [1.54, 1.807) is 9.80 Å². The Morgan fingerprint density at radius 1 is 0.800 bits per heavy atom. The van der Waals surface area contributed by atoms with Crippen molar-refractivity contribution in [3.8, 4) is 0 Å². The van der Waals surface area contributed by atoms with E-state index in [9.17, 15) is 9.59 Å². The molecule has 0 aromatic heterocycles. The highest BCUT2D eigenvalue weighted by molar-refractivity contribution is 6.11. The summed E-state index contributed by atoms with van der Waals surface area (Å²) in [5.41, 5.74) is 4.25. The topological polar surface area (TPSA) is 40.6 Å². The van der Waals surface area contributed by atoms with Gasteiger partial charge in [-0.05, 0) is 49.9 Å². The van der Waals surface area contributed by atoms with E-state index < -0.39 is 0 Å². The summed E-state index contributed by atoms with van der Waals surface area (Å²) in [7, 11) is 0. The number of anilines is 2. The maximum absolute atomic E-state index is 12.9. The quantitative estimate of drug-likeness (QED) is 0.791. The first-order valence-corrected chi connectivity index (χ1v) is 8.86. The second-order valence-electron chi connectivity index (χ2n) is 7.07. The molecular formula is C21H22N2O2. The lowest BCUT2D eigenvalue weighted by Gasteiger charge is -2.26. The van der Waals surface area contributed by atoms with Crippen LogP contribution in [0.5, 0.6) is 0 Å². The SMILES string of the molecule is CC1Cc2ccccc2N1C(=O)CC(=O)N1c2ccccc2CC1C. The molecule has 2 aromatic carbocycles. The number of hydrogen-bond acceptors (Lipinski definition) is 2. The maximum Gasteiger partial charge on any atom is 0.236 e. The fraction of sp³-hybridized carbons (Fsp3) is 0.333. The summed E-state index contributed by atoms with van der Waals surface area (Å²) in [6.07, 6.45) is 1.61. The standard InChI is InChI=1S/C21H22N2O2/c1-14-11-16-7-3-5-9-18(16)22(14)20(24)13-21(25)23-15(2)12-17-8-4-6-10-19(17)23/h3-10,14-15H,11-13H2,1-2H3. The monoisotopic (exact) mass is 334 g/mol. The van der Waals surface area contributed by atoms with Gasteiger partial charge < -0.3 is 9.80 Å². The van der Waals surface area contributed by atoms with Crippen molar-refractivity contribution in [1.29, 1.82) is 0 Å². The molecule has 0 N–H and O–H groups in total. The van der Waals surface area contributed by atoms with Crippen molar-refractivity contribution < 1.29 is 9.59 Å². The summed E-state index contributed by atoms with van der Waals surface area (Å²) < 4.78 is 0. The zero-order valence-corrected chi connectivity index (χ0v) is 14.6. The van der Waals surface area contributed by atoms with Gasteiger partial charge in [0.05, 0.1) is 0 Å². The largest absolute Gasteiger partial charge is 0.309 e. The highest BCUT2D eigenvalue weighted by Gasteiger charge is 2.35. The summed E-state index contributed by atoms with van der Waals surface area (Å²) in [5, 5.41) is 0. The summed E-state index contributed by atoms with van der Waals surface area (Å²) in [6, 6.07) is 16.1. The smallest absolute Gasteiger partial charge is 0.236 e. The Kier molecular flexibility index (Phi) is 3.83. The van der Waals surface area contributed by atoms with E-state index in [4.69, 9.17) is 0 Å². The first-order valence-electron chi connectivity index (χ1n) is 8.86. The summed E-state index contributed by atoms with van der Waals surface area (Å²) in [4.78, 5) is 29.3. The molecule has 2 heterocycles. The number of rotatable bonds is 2. The van der Waals surface area contributed by atoms with Crippen LogP contribution < -0.4 is 9.80 Å². The minimum Gasteiger partial charge on any atom is -0.309 e. The molecule has 2 amide bonds. The fourth-order valence-corrected chi connectivity index (χ4v) is 4.19. The van der Waals surface area contributed by atoms with Crippen molar-refractivity contribution in [2.24, 2.45) is 0 Å². The minimum atomic E-state index is -0.112. The molecule has 0 saturated carbocycles. The number of fused-ring (bicyclic) bond motifs is 2. The molecule has 4 nitrogen and oxygen atoms in total. The van der Waals surface area contributed by atoms with Crippen molar-refractivity contribution in [3.63, 3.8) is 0 Å². The fourth-order valence-electron chi connectivity index (χ4n) is 4.19. The van der Waals surface area contributed by atoms with Crippen LogP contribution in [-0.2, 0) is 22.4 Å². The van der Waals surface area contributed by atoms with Gasteiger partial charge in [-0.1, -0.05) is 36.4 Å². The lowest BCUT2D eigenvalue weighted by atomic mass is 10.1. The van der Waals surface area contributed by atoms with E-state index >= 15 is 0 Å². The molecule has 0 saturated heterocycles. The van der Waals surface area contributed by atoms with Gasteiger partial charge in [-0.2, -0.15) is 0 Å². The molecule has 0 radical (unpaired) electrons. The molecular weight excluding hydrogens is 312 g/mol. The van der Waals surface area contributed by atoms with Crippen LogP contribution in [0.25, 0.3) is 0 Å². The molecule has 2 atom stereocenters. The average molecular weight is 334 g/mol. The van der Waals surface area contributed by atoms with Gasteiger partial charge in [0, 0.05) is 23.5 Å². The third-order valence-electron chi connectivity index (χ3n) is 5.25. The predicted octanol–water partition coefficient (Wildman–Crippen LogP) is 3.33. The van der Waals surface area contributed by atoms with Crippen LogP contribution in [0.3, 0.4) is 0 Å². The summed E-state index contributed by atoms with van der Waals surface area (Å²) in [6.45, 7) is 4.08. The Labute approximate surface area is 148 Å². The van der Waals surface area contributed by atoms with Crippen LogP contribution in [0.15, 0.2) is 48.5 Å². The molecule has 0 spiro atoms. The molecule has 128 valence electrons. The molecule has 4 rings (SSSR count). The van der Waals surface area contributed by atoms with Gasteiger partial charge in [-0.3, -0.25) is 9.59 Å². The molecule has 0 aliphatic carbocycles. The average Bonchev–Trinajstić information content (AvgIpc) is 3.09. The van der Waals surface area contributed by atoms with Crippen LogP contribution in [0.2, 0.25) is 0 Å². The van der Waals surface area contributed by atoms with Crippen LogP contribution in [0.4, 0.5) is 11.4 Å². The van der Waals surface area contributed by atoms with Crippen molar-refractivity contribution >= 4 is 23.2 Å². The van der Waals surface area contributed by atoms with Crippen molar-refractivity contribution in [2.75, 3.05) is 9.80 Å². The number of nitrogens with zero attached hydrogens (tertiary/aromatic N) is 2. The van der Waals surface area contributed by atoms with Gasteiger partial charge in [-0.25, -0.2) is 0 Å². The van der Waals surface area contributed by atoms with E-state index in [1.807, 2.05) is 50.2 Å². The molecule has 0 fully saturated rings. The van der Waals surface area contributed by atoms with Crippen LogP contribution >= 0.6 is 0 Å². The lowest BCUT2D eigenvalue weighted by Crippen LogP contribution is -2.42. The predicted molar refractivity (Wildman–Crippen MR) is 98.8 cm³/mol. The Morgan fingerprint density at radius 2 is 1.20 bits per heavy atom. The van der Waals surface area contributed by atoms with Crippen LogP contribution in [-0.4, -0.2) is 23.9 Å². The Morgan fingerprint density at radius 3 is 1.64 bits per heavy atom. The number of para-hydroxylation sites is 2. The van der Waals surface area contributed by atoms with Gasteiger partial charge in [-0.15, -0.1) is 0 Å². The first-order chi connectivity index (χ1) is 12.1. The summed E-state index contributed by atoms with van der Waals surface area (Å²) >= 11 is 0. The third-order valence-corrected chi connectivity index (χ3v) is 5.25. The van der Waals surface area contributed by atoms with Crippen LogP contribution in [0.1, 0.15) is 31.4 Å². The Bertz CT molecular complexity index is 776. The second-order valence-corrected chi connectivity index (χ2v) is 7.07. The number of carbonyl (C=O) groups is 2. The highest BCUT2D eigenvalue weighted by Crippen LogP contribution is 2.34. The third kappa shape index (κ3) is 2.62. The molecule has 2 aromatic rings. The lowest BCUT2D eigenvalue weighted by molar-refractivity contribution is -0.126. The number of benzene rings is 2. The van der Waals surface area contributed by atoms with E-state index in [0.29, 0.717) is 0 Å². The maximum atomic E-state index is 12.9. The van der Waals surface area contributed by atoms with Gasteiger partial charge in [0.1, 0.15) is 6.42 Å². The normalized spacial score (nSPS) is 21.2. The number of amides is 2. The molecule has 2 unspecified atom stereocenters. The summed E-state index contributed by atoms with van der Waals surface area (Å²) in [5.74, 6) is -0.224. The Hall–Kier alpha value is -2.62. The zero-order valence-electron chi connectivity index (χ0n) is 14.6. The molecule has 4 heteroatoms. The molecule has 2 aliphatic heterocycles. The van der Waals surface area contributed by atoms with Gasteiger partial charge >= 0.3 is 0 Å². The molecule has 0 bridgehead atoms. The van der Waals surface area contributed by atoms with Gasteiger partial charge in [0.25, 0.3) is 0 Å². The number of carbonyl (C=O) groups excluding carboxylic acids is 2. The minimum absolute atomic E-state index is 0.0860. The van der Waals surface area contributed by atoms with Crippen molar-refractivity contribution in [2.45, 2.75) is 45.2 Å². The van der Waals surface area contributed by atoms with Gasteiger partial charge in [0.15, 0.2) is 0 Å². The zero-order chi connectivity index (χ0) is 17.6. The van der Waals surface area contributed by atoms with Crippen LogP contribution in [0, 0.1) is 0 Å². The van der Waals surface area contributed by atoms with E-state index in [2.05, 4.69) is 12.1 Å². The van der Waals surface area contributed by atoms with Gasteiger partial charge in [0.2, 0.25) is 11.8 Å². The van der Waals surface area contributed by atoms with E-state index in [-0.39, 0.29) is 30.3 Å². The first kappa shape index (κ1) is 15.9. The molecule has 25 heavy (non-hydrogen) atoms. The van der Waals surface area contributed by atoms with Crippen molar-refractivity contribution in [1.82, 2.24) is 0 Å². The van der Waals surface area contributed by atoms with Crippen molar-refractivity contribution in [3.05, 3.63) is 59.7 Å². The highest BCUT2D eigenvalue weighted by atomic mass is 16.2.